The van der Waals surface area contributed by atoms with Gasteiger partial charge in [-0.3, -0.25) is 9.59 Å². The van der Waals surface area contributed by atoms with Crippen LogP contribution in [-0.2, 0) is 9.59 Å². The Balaban J connectivity index is 1.56. The van der Waals surface area contributed by atoms with Gasteiger partial charge in [0.25, 0.3) is 0 Å². The van der Waals surface area contributed by atoms with Gasteiger partial charge in [0.2, 0.25) is 5.91 Å². The Bertz CT molecular complexity index is 832. The molecule has 0 bridgehead atoms. The Morgan fingerprint density at radius 3 is 2.75 bits per heavy atom. The molecule has 9 heteroatoms. The van der Waals surface area contributed by atoms with E-state index in [0.29, 0.717) is 17.9 Å². The highest BCUT2D eigenvalue weighted by Crippen LogP contribution is 2.40. The number of nitrogens with zero attached hydrogens (tertiary/aromatic N) is 4. The number of rotatable bonds is 5. The zero-order valence-electron chi connectivity index (χ0n) is 12.5. The zero-order valence-corrected chi connectivity index (χ0v) is 12.5. The monoisotopic (exact) mass is 331 g/mol. The molecule has 1 amide bonds. The number of nitrogens with one attached hydrogen (secondary N) is 1. The minimum Gasteiger partial charge on any atom is -0.481 e. The number of carboxylic acids is 1. The van der Waals surface area contributed by atoms with Crippen LogP contribution in [-0.4, -0.2) is 37.2 Å². The van der Waals surface area contributed by atoms with Crippen LogP contribution in [0.25, 0.3) is 5.69 Å². The summed E-state index contributed by atoms with van der Waals surface area (Å²) in [5.41, 5.74) is 0.537. The van der Waals surface area contributed by atoms with E-state index in [2.05, 4.69) is 20.8 Å². The van der Waals surface area contributed by atoms with Crippen molar-refractivity contribution >= 4 is 17.6 Å². The molecule has 2 aromatic rings. The summed E-state index contributed by atoms with van der Waals surface area (Å²) in [4.78, 5) is 22.9. The van der Waals surface area contributed by atoms with Crippen molar-refractivity contribution in [3.63, 3.8) is 0 Å². The number of carbonyl (C=O) groups excluding carboxylic acids is 1. The molecule has 2 unspecified atom stereocenters. The summed E-state index contributed by atoms with van der Waals surface area (Å²) in [6, 6.07) is 4.11. The molecule has 2 fully saturated rings. The van der Waals surface area contributed by atoms with E-state index in [1.165, 1.54) is 22.9 Å². The molecular formula is C15H14FN5O3. The fourth-order valence-corrected chi connectivity index (χ4v) is 2.71. The van der Waals surface area contributed by atoms with Gasteiger partial charge in [-0.1, -0.05) is 0 Å². The van der Waals surface area contributed by atoms with Crippen LogP contribution in [0, 0.1) is 17.7 Å². The van der Waals surface area contributed by atoms with Gasteiger partial charge in [0, 0.05) is 11.6 Å². The minimum absolute atomic E-state index is 0.158. The summed E-state index contributed by atoms with van der Waals surface area (Å²) in [6.45, 7) is 0. The number of hydrogen-bond acceptors (Lipinski definition) is 5. The van der Waals surface area contributed by atoms with Gasteiger partial charge in [-0.25, -0.2) is 4.39 Å². The van der Waals surface area contributed by atoms with E-state index in [1.54, 1.807) is 0 Å². The van der Waals surface area contributed by atoms with Gasteiger partial charge >= 0.3 is 5.97 Å². The molecule has 2 atom stereocenters. The fraction of sp³-hybridized carbons (Fsp3) is 0.400. The van der Waals surface area contributed by atoms with Crippen molar-refractivity contribution in [3.05, 3.63) is 29.8 Å². The van der Waals surface area contributed by atoms with Crippen molar-refractivity contribution in [2.24, 2.45) is 11.8 Å². The van der Waals surface area contributed by atoms with E-state index in [1.807, 2.05) is 0 Å². The number of carbonyl (C=O) groups is 2. The number of aromatic nitrogens is 4. The fourth-order valence-electron chi connectivity index (χ4n) is 2.71. The van der Waals surface area contributed by atoms with Crippen LogP contribution < -0.4 is 5.32 Å². The van der Waals surface area contributed by atoms with Gasteiger partial charge in [0.15, 0.2) is 5.82 Å². The van der Waals surface area contributed by atoms with Gasteiger partial charge < -0.3 is 10.4 Å². The first-order valence-corrected chi connectivity index (χ1v) is 7.66. The van der Waals surface area contributed by atoms with Gasteiger partial charge in [-0.15, -0.1) is 5.10 Å². The van der Waals surface area contributed by atoms with Gasteiger partial charge in [-0.05, 0) is 47.9 Å². The molecule has 8 nitrogen and oxygen atoms in total. The maximum Gasteiger partial charge on any atom is 0.307 e. The molecule has 4 rings (SSSR count). The van der Waals surface area contributed by atoms with Crippen LogP contribution in [0.1, 0.15) is 31.0 Å². The molecule has 2 N–H and O–H groups in total. The molecule has 24 heavy (non-hydrogen) atoms. The van der Waals surface area contributed by atoms with E-state index < -0.39 is 23.6 Å². The molecule has 124 valence electrons. The normalized spacial score (nSPS) is 22.2. The molecule has 0 saturated heterocycles. The summed E-state index contributed by atoms with van der Waals surface area (Å²) in [7, 11) is 0. The van der Waals surface area contributed by atoms with Crippen molar-refractivity contribution in [1.82, 2.24) is 20.2 Å². The first-order valence-electron chi connectivity index (χ1n) is 7.66. The van der Waals surface area contributed by atoms with Crippen molar-refractivity contribution in [3.8, 4) is 5.69 Å². The van der Waals surface area contributed by atoms with Crippen LogP contribution in [0.2, 0.25) is 0 Å². The van der Waals surface area contributed by atoms with E-state index in [-0.39, 0.29) is 17.5 Å². The van der Waals surface area contributed by atoms with E-state index in [4.69, 9.17) is 5.11 Å². The molecule has 2 aliphatic rings. The van der Waals surface area contributed by atoms with E-state index >= 15 is 0 Å². The third-order valence-electron chi connectivity index (χ3n) is 4.32. The maximum atomic E-state index is 14.2. The predicted molar refractivity (Wildman–Crippen MR) is 78.9 cm³/mol. The van der Waals surface area contributed by atoms with Crippen LogP contribution in [0.3, 0.4) is 0 Å². The van der Waals surface area contributed by atoms with E-state index in [0.717, 1.165) is 12.8 Å². The van der Waals surface area contributed by atoms with Crippen LogP contribution in [0.15, 0.2) is 18.2 Å². The number of halogens is 1. The molecule has 1 heterocycles. The van der Waals surface area contributed by atoms with Crippen LogP contribution in [0.4, 0.5) is 10.1 Å². The first kappa shape index (κ1) is 14.7. The standard InChI is InChI=1S/C15H14FN5O3/c16-11-4-3-8(17-14(22)9-6-10(9)15(23)24)5-12(11)21-13(7-1-2-7)18-19-20-21/h3-5,7,9-10H,1-2,6H2,(H,17,22)(H,23,24). The lowest BCUT2D eigenvalue weighted by Crippen LogP contribution is -2.17. The molecular weight excluding hydrogens is 317 g/mol. The maximum absolute atomic E-state index is 14.2. The molecule has 1 aromatic heterocycles. The lowest BCUT2D eigenvalue weighted by molar-refractivity contribution is -0.139. The number of benzene rings is 1. The van der Waals surface area contributed by atoms with E-state index in [9.17, 15) is 14.0 Å². The van der Waals surface area contributed by atoms with Crippen molar-refractivity contribution < 1.29 is 19.1 Å². The van der Waals surface area contributed by atoms with Crippen LogP contribution in [0.5, 0.6) is 0 Å². The molecule has 0 radical (unpaired) electrons. The first-order chi connectivity index (χ1) is 11.5. The molecule has 2 saturated carbocycles. The SMILES string of the molecule is O=C(O)C1CC1C(=O)Nc1ccc(F)c(-n2nnnc2C2CC2)c1. The highest BCUT2D eigenvalue weighted by atomic mass is 19.1. The molecule has 2 aliphatic carbocycles. The van der Waals surface area contributed by atoms with Crippen molar-refractivity contribution in [1.29, 1.82) is 0 Å². The number of carboxylic acid groups (broad SMARTS) is 1. The Labute approximate surface area is 135 Å². The topological polar surface area (TPSA) is 110 Å². The Kier molecular flexibility index (Phi) is 3.29. The average Bonchev–Trinajstić information content (AvgIpc) is 3.46. The lowest BCUT2D eigenvalue weighted by atomic mass is 10.2. The highest BCUT2D eigenvalue weighted by Gasteiger charge is 2.48. The number of anilines is 1. The second-order valence-electron chi connectivity index (χ2n) is 6.17. The predicted octanol–water partition coefficient (Wildman–Crippen LogP) is 1.34. The Morgan fingerprint density at radius 1 is 1.29 bits per heavy atom. The smallest absolute Gasteiger partial charge is 0.307 e. The molecule has 1 aromatic carbocycles. The summed E-state index contributed by atoms with van der Waals surface area (Å²) in [6.07, 6.45) is 2.27. The largest absolute Gasteiger partial charge is 0.481 e. The minimum atomic E-state index is -0.974. The van der Waals surface area contributed by atoms with Crippen LogP contribution >= 0.6 is 0 Å². The van der Waals surface area contributed by atoms with Crippen molar-refractivity contribution in [2.45, 2.75) is 25.2 Å². The van der Waals surface area contributed by atoms with Gasteiger partial charge in [-0.2, -0.15) is 4.68 Å². The summed E-state index contributed by atoms with van der Waals surface area (Å²) < 4.78 is 15.5. The molecule has 0 spiro atoms. The third-order valence-corrected chi connectivity index (χ3v) is 4.32. The number of amides is 1. The number of hydrogen-bond donors (Lipinski definition) is 2. The average molecular weight is 331 g/mol. The van der Waals surface area contributed by atoms with Gasteiger partial charge in [0.1, 0.15) is 11.5 Å². The Hall–Kier alpha value is -2.84. The second-order valence-corrected chi connectivity index (χ2v) is 6.17. The Morgan fingerprint density at radius 2 is 2.08 bits per heavy atom. The van der Waals surface area contributed by atoms with Crippen molar-refractivity contribution in [2.75, 3.05) is 5.32 Å². The summed E-state index contributed by atoms with van der Waals surface area (Å²) in [5.74, 6) is -2.18. The quantitative estimate of drug-likeness (QED) is 0.855. The zero-order chi connectivity index (χ0) is 16.8. The summed E-state index contributed by atoms with van der Waals surface area (Å²) in [5, 5.41) is 22.9. The number of tetrazole rings is 1. The third kappa shape index (κ3) is 2.61. The van der Waals surface area contributed by atoms with Gasteiger partial charge in [0.05, 0.1) is 11.8 Å². The number of aliphatic carboxylic acids is 1. The summed E-state index contributed by atoms with van der Waals surface area (Å²) >= 11 is 0. The molecule has 0 aliphatic heterocycles. The highest BCUT2D eigenvalue weighted by molar-refractivity contribution is 5.98. The lowest BCUT2D eigenvalue weighted by Gasteiger charge is -2.09. The second kappa shape index (κ2) is 5.36.